The summed E-state index contributed by atoms with van der Waals surface area (Å²) in [7, 11) is 0. The van der Waals surface area contributed by atoms with Crippen LogP contribution in [0.5, 0.6) is 0 Å². The molecule has 0 spiro atoms. The van der Waals surface area contributed by atoms with Crippen molar-refractivity contribution in [3.8, 4) is 11.1 Å². The Morgan fingerprint density at radius 3 is 3.00 bits per heavy atom. The molecule has 0 radical (unpaired) electrons. The first kappa shape index (κ1) is 10.2. The minimum absolute atomic E-state index is 0.483. The average molecular weight is 226 g/mol. The first-order valence-electron chi connectivity index (χ1n) is 5.74. The average Bonchev–Trinajstić information content (AvgIpc) is 2.39. The van der Waals surface area contributed by atoms with Crippen LogP contribution in [-0.4, -0.2) is 16.7 Å². The maximum atomic E-state index is 5.84. The van der Waals surface area contributed by atoms with Gasteiger partial charge in [0, 0.05) is 12.1 Å². The predicted octanol–water partition coefficient (Wildman–Crippen LogP) is 1.37. The third-order valence-corrected chi connectivity index (χ3v) is 3.15. The van der Waals surface area contributed by atoms with E-state index in [2.05, 4.69) is 33.7 Å². The lowest BCUT2D eigenvalue weighted by Crippen LogP contribution is -2.23. The second-order valence-electron chi connectivity index (χ2n) is 4.24. The Labute approximate surface area is 99.9 Å². The van der Waals surface area contributed by atoms with Crippen molar-refractivity contribution in [2.75, 3.05) is 12.3 Å². The molecule has 86 valence electrons. The first-order chi connectivity index (χ1) is 8.34. The number of anilines is 1. The summed E-state index contributed by atoms with van der Waals surface area (Å²) in [6.45, 7) is 1.99. The van der Waals surface area contributed by atoms with Gasteiger partial charge in [0.1, 0.15) is 0 Å². The van der Waals surface area contributed by atoms with Crippen LogP contribution in [0.2, 0.25) is 0 Å². The van der Waals surface area contributed by atoms with Gasteiger partial charge in [0.2, 0.25) is 0 Å². The van der Waals surface area contributed by atoms with Gasteiger partial charge in [-0.15, -0.1) is 5.10 Å². The van der Waals surface area contributed by atoms with E-state index in [0.717, 1.165) is 30.6 Å². The van der Waals surface area contributed by atoms with E-state index in [9.17, 15) is 0 Å². The van der Waals surface area contributed by atoms with Gasteiger partial charge >= 0.3 is 0 Å². The van der Waals surface area contributed by atoms with Crippen LogP contribution in [0.25, 0.3) is 11.1 Å². The zero-order valence-electron chi connectivity index (χ0n) is 9.48. The Morgan fingerprint density at radius 1 is 1.18 bits per heavy atom. The Bertz CT molecular complexity index is 551. The fraction of sp³-hybridized carbons (Fsp3) is 0.231. The van der Waals surface area contributed by atoms with Crippen LogP contribution in [0.1, 0.15) is 11.1 Å². The van der Waals surface area contributed by atoms with Gasteiger partial charge in [0.05, 0.1) is 6.20 Å². The standard InChI is InChI=1S/C13H14N4/c14-13-12(4-6-16-17-13)10-2-1-9-3-5-15-8-11(9)7-10/h1-2,4,6-7,15H,3,5,8H2,(H2,14,17). The zero-order chi connectivity index (χ0) is 11.7. The fourth-order valence-electron chi connectivity index (χ4n) is 2.23. The molecule has 0 saturated carbocycles. The minimum Gasteiger partial charge on any atom is -0.382 e. The van der Waals surface area contributed by atoms with Crippen LogP contribution in [0, 0.1) is 0 Å². The molecule has 1 aromatic heterocycles. The molecule has 17 heavy (non-hydrogen) atoms. The summed E-state index contributed by atoms with van der Waals surface area (Å²) in [5.74, 6) is 0.483. The highest BCUT2D eigenvalue weighted by molar-refractivity contribution is 5.73. The highest BCUT2D eigenvalue weighted by Gasteiger charge is 2.11. The Morgan fingerprint density at radius 2 is 2.12 bits per heavy atom. The van der Waals surface area contributed by atoms with Gasteiger partial charge in [0.25, 0.3) is 0 Å². The summed E-state index contributed by atoms with van der Waals surface area (Å²) in [4.78, 5) is 0. The van der Waals surface area contributed by atoms with E-state index < -0.39 is 0 Å². The number of fused-ring (bicyclic) bond motifs is 1. The Kier molecular flexibility index (Phi) is 2.49. The molecule has 3 rings (SSSR count). The lowest BCUT2D eigenvalue weighted by molar-refractivity contribution is 0.644. The van der Waals surface area contributed by atoms with Crippen LogP contribution < -0.4 is 11.1 Å². The second kappa shape index (κ2) is 4.14. The van der Waals surface area contributed by atoms with Gasteiger partial charge in [-0.1, -0.05) is 12.1 Å². The summed E-state index contributed by atoms with van der Waals surface area (Å²) < 4.78 is 0. The van der Waals surface area contributed by atoms with Gasteiger partial charge in [-0.3, -0.25) is 0 Å². The number of rotatable bonds is 1. The predicted molar refractivity (Wildman–Crippen MR) is 67.3 cm³/mol. The van der Waals surface area contributed by atoms with Crippen LogP contribution in [0.4, 0.5) is 5.82 Å². The van der Waals surface area contributed by atoms with Gasteiger partial charge < -0.3 is 11.1 Å². The SMILES string of the molecule is Nc1nnccc1-c1ccc2c(c1)CNCC2. The van der Waals surface area contributed by atoms with Crippen molar-refractivity contribution in [1.82, 2.24) is 15.5 Å². The number of aromatic nitrogens is 2. The van der Waals surface area contributed by atoms with E-state index in [4.69, 9.17) is 5.73 Å². The van der Waals surface area contributed by atoms with E-state index in [0.29, 0.717) is 5.82 Å². The maximum absolute atomic E-state index is 5.84. The summed E-state index contributed by atoms with van der Waals surface area (Å²) in [6.07, 6.45) is 2.77. The normalized spacial score (nSPS) is 14.4. The number of benzene rings is 1. The molecule has 0 aliphatic carbocycles. The molecule has 4 nitrogen and oxygen atoms in total. The van der Waals surface area contributed by atoms with Crippen molar-refractivity contribution in [2.24, 2.45) is 0 Å². The second-order valence-corrected chi connectivity index (χ2v) is 4.24. The molecule has 2 aromatic rings. The molecule has 0 saturated heterocycles. The summed E-state index contributed by atoms with van der Waals surface area (Å²) in [6, 6.07) is 8.39. The van der Waals surface area contributed by atoms with Crippen molar-refractivity contribution in [2.45, 2.75) is 13.0 Å². The van der Waals surface area contributed by atoms with Crippen LogP contribution >= 0.6 is 0 Å². The number of hydrogen-bond acceptors (Lipinski definition) is 4. The third-order valence-electron chi connectivity index (χ3n) is 3.15. The van der Waals surface area contributed by atoms with Crippen LogP contribution in [0.3, 0.4) is 0 Å². The van der Waals surface area contributed by atoms with Crippen molar-refractivity contribution in [3.05, 3.63) is 41.6 Å². The molecule has 4 heteroatoms. The smallest absolute Gasteiger partial charge is 0.153 e. The molecular weight excluding hydrogens is 212 g/mol. The van der Waals surface area contributed by atoms with E-state index in [1.807, 2.05) is 6.07 Å². The van der Waals surface area contributed by atoms with Gasteiger partial charge in [-0.2, -0.15) is 5.10 Å². The van der Waals surface area contributed by atoms with Gasteiger partial charge in [0.15, 0.2) is 5.82 Å². The summed E-state index contributed by atoms with van der Waals surface area (Å²) in [5, 5.41) is 11.0. The number of nitrogen functional groups attached to an aromatic ring is 1. The Balaban J connectivity index is 2.07. The molecule has 2 heterocycles. The number of nitrogens with one attached hydrogen (secondary N) is 1. The molecule has 3 N–H and O–H groups in total. The largest absolute Gasteiger partial charge is 0.382 e. The van der Waals surface area contributed by atoms with Gasteiger partial charge in [-0.25, -0.2) is 0 Å². The number of nitrogens with two attached hydrogens (primary N) is 1. The van der Waals surface area contributed by atoms with Crippen LogP contribution in [0.15, 0.2) is 30.5 Å². The quantitative estimate of drug-likeness (QED) is 0.771. The lowest BCUT2D eigenvalue weighted by Gasteiger charge is -2.18. The van der Waals surface area contributed by atoms with Gasteiger partial charge in [-0.05, 0) is 41.8 Å². The van der Waals surface area contributed by atoms with E-state index >= 15 is 0 Å². The monoisotopic (exact) mass is 226 g/mol. The fourth-order valence-corrected chi connectivity index (χ4v) is 2.23. The molecule has 0 bridgehead atoms. The maximum Gasteiger partial charge on any atom is 0.153 e. The molecule has 1 aromatic carbocycles. The molecule has 0 fully saturated rings. The Hall–Kier alpha value is -1.94. The van der Waals surface area contributed by atoms with Crippen molar-refractivity contribution in [3.63, 3.8) is 0 Å². The van der Waals surface area contributed by atoms with E-state index in [-0.39, 0.29) is 0 Å². The third kappa shape index (κ3) is 1.87. The molecule has 0 amide bonds. The lowest BCUT2D eigenvalue weighted by atomic mass is 9.96. The highest BCUT2D eigenvalue weighted by Crippen LogP contribution is 2.26. The molecule has 0 atom stereocenters. The molecule has 1 aliphatic heterocycles. The molecule has 0 unspecified atom stereocenters. The van der Waals surface area contributed by atoms with Crippen molar-refractivity contribution < 1.29 is 0 Å². The number of hydrogen-bond donors (Lipinski definition) is 2. The molecule has 1 aliphatic rings. The van der Waals surface area contributed by atoms with Crippen molar-refractivity contribution >= 4 is 5.82 Å². The van der Waals surface area contributed by atoms with E-state index in [1.165, 1.54) is 11.1 Å². The number of nitrogens with zero attached hydrogens (tertiary/aromatic N) is 2. The van der Waals surface area contributed by atoms with Crippen LogP contribution in [-0.2, 0) is 13.0 Å². The van der Waals surface area contributed by atoms with Crippen molar-refractivity contribution in [1.29, 1.82) is 0 Å². The summed E-state index contributed by atoms with van der Waals surface area (Å²) in [5.41, 5.74) is 10.7. The molecular formula is C13H14N4. The van der Waals surface area contributed by atoms with E-state index in [1.54, 1.807) is 6.20 Å². The highest BCUT2D eigenvalue weighted by atomic mass is 15.1. The summed E-state index contributed by atoms with van der Waals surface area (Å²) >= 11 is 0. The zero-order valence-corrected chi connectivity index (χ0v) is 9.48. The topological polar surface area (TPSA) is 63.8 Å². The minimum atomic E-state index is 0.483. The first-order valence-corrected chi connectivity index (χ1v) is 5.74.